The van der Waals surface area contributed by atoms with Crippen molar-refractivity contribution in [2.24, 2.45) is 5.73 Å². The minimum absolute atomic E-state index is 0.133. The van der Waals surface area contributed by atoms with Crippen molar-refractivity contribution in [2.75, 3.05) is 6.61 Å². The van der Waals surface area contributed by atoms with E-state index in [1.165, 1.54) is 26.2 Å². The van der Waals surface area contributed by atoms with Crippen molar-refractivity contribution in [1.29, 1.82) is 0 Å². The number of esters is 2. The zero-order chi connectivity index (χ0) is 17.9. The molecule has 0 saturated carbocycles. The van der Waals surface area contributed by atoms with Crippen molar-refractivity contribution >= 4 is 17.8 Å². The molecular formula is C14H17N3O7. The molecule has 2 N–H and O–H groups in total. The molecule has 0 aliphatic carbocycles. The average molecular weight is 339 g/mol. The topological polar surface area (TPSA) is 140 Å². The Bertz CT molecular complexity index is 715. The fraction of sp³-hybridized carbons (Fsp3) is 0.500. The van der Waals surface area contributed by atoms with E-state index in [1.54, 1.807) is 0 Å². The van der Waals surface area contributed by atoms with Gasteiger partial charge in [-0.05, 0) is 0 Å². The lowest BCUT2D eigenvalue weighted by atomic mass is 10.2. The molecule has 3 atom stereocenters. The zero-order valence-electron chi connectivity index (χ0n) is 13.1. The van der Waals surface area contributed by atoms with Gasteiger partial charge in [-0.2, -0.15) is 0 Å². The van der Waals surface area contributed by atoms with E-state index in [0.717, 1.165) is 4.57 Å². The Hall–Kier alpha value is -2.75. The average Bonchev–Trinajstić information content (AvgIpc) is 2.87. The molecule has 1 unspecified atom stereocenters. The van der Waals surface area contributed by atoms with Gasteiger partial charge in [-0.1, -0.05) is 0 Å². The lowest BCUT2D eigenvalue weighted by Gasteiger charge is -2.17. The molecule has 10 heteroatoms. The number of primary amides is 1. The second kappa shape index (κ2) is 7.21. The normalized spacial score (nSPS) is 22.8. The third kappa shape index (κ3) is 3.96. The summed E-state index contributed by atoms with van der Waals surface area (Å²) in [4.78, 5) is 49.2. The van der Waals surface area contributed by atoms with E-state index in [2.05, 4.69) is 4.98 Å². The summed E-state index contributed by atoms with van der Waals surface area (Å²) >= 11 is 0. The largest absolute Gasteiger partial charge is 0.463 e. The van der Waals surface area contributed by atoms with Gasteiger partial charge in [-0.3, -0.25) is 23.7 Å². The van der Waals surface area contributed by atoms with E-state index < -0.39 is 47.5 Å². The predicted octanol–water partition coefficient (Wildman–Crippen LogP) is -0.875. The monoisotopic (exact) mass is 339 g/mol. The van der Waals surface area contributed by atoms with Crippen molar-refractivity contribution < 1.29 is 28.6 Å². The van der Waals surface area contributed by atoms with E-state index in [1.807, 2.05) is 0 Å². The van der Waals surface area contributed by atoms with Crippen molar-refractivity contribution in [2.45, 2.75) is 38.7 Å². The molecular weight excluding hydrogens is 322 g/mol. The summed E-state index contributed by atoms with van der Waals surface area (Å²) in [6.07, 6.45) is 0.462. The second-order valence-electron chi connectivity index (χ2n) is 5.17. The summed E-state index contributed by atoms with van der Waals surface area (Å²) in [7, 11) is 0. The smallest absolute Gasteiger partial charge is 0.303 e. The van der Waals surface area contributed by atoms with Crippen LogP contribution in [-0.4, -0.2) is 46.2 Å². The molecule has 1 fully saturated rings. The molecule has 1 aliphatic heterocycles. The molecule has 1 aliphatic rings. The number of carbonyl (C=O) groups is 3. The Balaban J connectivity index is 2.24. The van der Waals surface area contributed by atoms with E-state index in [0.29, 0.717) is 0 Å². The van der Waals surface area contributed by atoms with Gasteiger partial charge in [0.1, 0.15) is 25.0 Å². The van der Waals surface area contributed by atoms with Gasteiger partial charge in [0.25, 0.3) is 11.5 Å². The molecule has 0 spiro atoms. The standard InChI is InChI=1S/C14H17N3O7/c1-7(18)22-6-10-9(23-8(2)19)5-11(24-10)17-4-3-16-12(13(15)20)14(17)21/h3-4,9-11H,5-6H2,1-2H3,(H2,15,20)/t9-,10+,11?/m0/s1. The summed E-state index contributed by atoms with van der Waals surface area (Å²) in [6, 6.07) is 0. The molecule has 130 valence electrons. The summed E-state index contributed by atoms with van der Waals surface area (Å²) < 4.78 is 16.8. The van der Waals surface area contributed by atoms with Crippen LogP contribution in [-0.2, 0) is 23.8 Å². The first-order chi connectivity index (χ1) is 11.3. The number of nitrogens with zero attached hydrogens (tertiary/aromatic N) is 2. The van der Waals surface area contributed by atoms with E-state index in [9.17, 15) is 19.2 Å². The molecule has 2 heterocycles. The van der Waals surface area contributed by atoms with Crippen LogP contribution in [0.15, 0.2) is 17.2 Å². The third-order valence-corrected chi connectivity index (χ3v) is 3.36. The Kier molecular flexibility index (Phi) is 5.29. The van der Waals surface area contributed by atoms with Crippen molar-refractivity contribution in [3.8, 4) is 0 Å². The molecule has 1 saturated heterocycles. The number of hydrogen-bond acceptors (Lipinski definition) is 8. The van der Waals surface area contributed by atoms with Crippen molar-refractivity contribution in [1.82, 2.24) is 9.55 Å². The van der Waals surface area contributed by atoms with Crippen molar-refractivity contribution in [3.05, 3.63) is 28.4 Å². The first kappa shape index (κ1) is 17.6. The molecule has 0 bridgehead atoms. The minimum Gasteiger partial charge on any atom is -0.463 e. The van der Waals surface area contributed by atoms with Crippen LogP contribution in [0.3, 0.4) is 0 Å². The Labute approximate surface area is 136 Å². The first-order valence-electron chi connectivity index (χ1n) is 7.12. The molecule has 10 nitrogen and oxygen atoms in total. The van der Waals surface area contributed by atoms with E-state index in [4.69, 9.17) is 19.9 Å². The third-order valence-electron chi connectivity index (χ3n) is 3.36. The SMILES string of the molecule is CC(=O)OC[C@H]1OC(n2ccnc(C(N)=O)c2=O)C[C@@H]1OC(C)=O. The van der Waals surface area contributed by atoms with Gasteiger partial charge >= 0.3 is 11.9 Å². The maximum atomic E-state index is 12.2. The Morgan fingerprint density at radius 2 is 2.08 bits per heavy atom. The number of rotatable bonds is 5. The van der Waals surface area contributed by atoms with Gasteiger partial charge in [-0.15, -0.1) is 0 Å². The summed E-state index contributed by atoms with van der Waals surface area (Å²) in [5, 5.41) is 0. The number of aromatic nitrogens is 2. The molecule has 1 aromatic rings. The number of hydrogen-bond donors (Lipinski definition) is 1. The van der Waals surface area contributed by atoms with Gasteiger partial charge in [-0.25, -0.2) is 4.98 Å². The minimum atomic E-state index is -0.958. The molecule has 24 heavy (non-hydrogen) atoms. The maximum Gasteiger partial charge on any atom is 0.303 e. The molecule has 0 radical (unpaired) electrons. The number of amides is 1. The summed E-state index contributed by atoms with van der Waals surface area (Å²) in [5.41, 5.74) is 3.96. The van der Waals surface area contributed by atoms with Crippen LogP contribution < -0.4 is 11.3 Å². The quantitative estimate of drug-likeness (QED) is 0.682. The fourth-order valence-corrected chi connectivity index (χ4v) is 2.38. The molecule has 1 aromatic heterocycles. The van der Waals surface area contributed by atoms with Gasteiger partial charge < -0.3 is 19.9 Å². The fourth-order valence-electron chi connectivity index (χ4n) is 2.38. The lowest BCUT2D eigenvalue weighted by molar-refractivity contribution is -0.155. The molecule has 2 rings (SSSR count). The van der Waals surface area contributed by atoms with Crippen LogP contribution in [0.25, 0.3) is 0 Å². The lowest BCUT2D eigenvalue weighted by Crippen LogP contribution is -2.33. The maximum absolute atomic E-state index is 12.2. The van der Waals surface area contributed by atoms with E-state index in [-0.39, 0.29) is 13.0 Å². The van der Waals surface area contributed by atoms with Crippen LogP contribution in [0.2, 0.25) is 0 Å². The number of nitrogens with two attached hydrogens (primary N) is 1. The highest BCUT2D eigenvalue weighted by Gasteiger charge is 2.39. The number of ether oxygens (including phenoxy) is 3. The zero-order valence-corrected chi connectivity index (χ0v) is 13.1. The highest BCUT2D eigenvalue weighted by molar-refractivity contribution is 5.90. The summed E-state index contributed by atoms with van der Waals surface area (Å²) in [6.45, 7) is 2.34. The van der Waals surface area contributed by atoms with Gasteiger partial charge in [0.2, 0.25) is 0 Å². The Morgan fingerprint density at radius 1 is 1.38 bits per heavy atom. The van der Waals surface area contributed by atoms with Crippen LogP contribution >= 0.6 is 0 Å². The van der Waals surface area contributed by atoms with Gasteiger partial charge in [0.05, 0.1) is 0 Å². The van der Waals surface area contributed by atoms with Crippen LogP contribution in [0.5, 0.6) is 0 Å². The molecule has 0 aromatic carbocycles. The highest BCUT2D eigenvalue weighted by Crippen LogP contribution is 2.30. The summed E-state index contributed by atoms with van der Waals surface area (Å²) in [5.74, 6) is -2.00. The van der Waals surface area contributed by atoms with Crippen LogP contribution in [0, 0.1) is 0 Å². The van der Waals surface area contributed by atoms with Crippen LogP contribution in [0.1, 0.15) is 37.0 Å². The first-order valence-corrected chi connectivity index (χ1v) is 7.12. The van der Waals surface area contributed by atoms with Crippen molar-refractivity contribution in [3.63, 3.8) is 0 Å². The van der Waals surface area contributed by atoms with Gasteiger partial charge in [0, 0.05) is 32.7 Å². The van der Waals surface area contributed by atoms with E-state index >= 15 is 0 Å². The second-order valence-corrected chi connectivity index (χ2v) is 5.17. The van der Waals surface area contributed by atoms with Gasteiger partial charge in [0.15, 0.2) is 5.69 Å². The number of carbonyl (C=O) groups excluding carboxylic acids is 3. The molecule has 1 amide bonds. The Morgan fingerprint density at radius 3 is 2.67 bits per heavy atom. The highest BCUT2D eigenvalue weighted by atomic mass is 16.6. The predicted molar refractivity (Wildman–Crippen MR) is 77.7 cm³/mol. The van der Waals surface area contributed by atoms with Crippen LogP contribution in [0.4, 0.5) is 0 Å².